The van der Waals surface area contributed by atoms with Crippen molar-refractivity contribution in [3.63, 3.8) is 0 Å². The van der Waals surface area contributed by atoms with Crippen molar-refractivity contribution in [3.05, 3.63) is 72.8 Å². The molecule has 0 saturated carbocycles. The predicted octanol–water partition coefficient (Wildman–Crippen LogP) is 5.24. The number of methoxy groups -OCH3 is 4. The second-order valence-electron chi connectivity index (χ2n) is 10.6. The molecule has 0 aliphatic heterocycles. The van der Waals surface area contributed by atoms with E-state index in [0.29, 0.717) is 36.0 Å². The topological polar surface area (TPSA) is 72.5 Å². The van der Waals surface area contributed by atoms with E-state index >= 15 is 0 Å². The number of hydrogen-bond acceptors (Lipinski definition) is 7. The summed E-state index contributed by atoms with van der Waals surface area (Å²) in [5.41, 5.74) is 0. The standard InChI is InChI=1S/C32H42O7Si/c1-32(2,3)40(25-14-10-8-11-15-25,26-16-12-9-13-17-26)39-21-20-24(22-29(33)35-5)23-38-28-19-18-27(34-4)30(36-6)31(28)37-7/h8-19,24H,20-23H2,1-7H3. The van der Waals surface area contributed by atoms with E-state index in [1.54, 1.807) is 33.5 Å². The van der Waals surface area contributed by atoms with Gasteiger partial charge in [-0.3, -0.25) is 4.79 Å². The normalized spacial score (nSPS) is 12.4. The molecule has 1 atom stereocenters. The molecule has 0 radical (unpaired) electrons. The smallest absolute Gasteiger partial charge is 0.305 e. The van der Waals surface area contributed by atoms with Crippen LogP contribution in [-0.4, -0.2) is 55.9 Å². The van der Waals surface area contributed by atoms with Gasteiger partial charge in [-0.2, -0.15) is 0 Å². The molecule has 7 nitrogen and oxygen atoms in total. The number of ether oxygens (including phenoxy) is 5. The lowest BCUT2D eigenvalue weighted by Crippen LogP contribution is -2.66. The zero-order valence-electron chi connectivity index (χ0n) is 24.7. The monoisotopic (exact) mass is 566 g/mol. The summed E-state index contributed by atoms with van der Waals surface area (Å²) in [7, 11) is 3.37. The summed E-state index contributed by atoms with van der Waals surface area (Å²) in [5.74, 6) is 1.48. The molecule has 0 heterocycles. The fourth-order valence-electron chi connectivity index (χ4n) is 5.10. The fourth-order valence-corrected chi connectivity index (χ4v) is 9.68. The van der Waals surface area contributed by atoms with E-state index in [9.17, 15) is 4.79 Å². The summed E-state index contributed by atoms with van der Waals surface area (Å²) in [6.45, 7) is 7.47. The lowest BCUT2D eigenvalue weighted by atomic mass is 10.0. The number of esters is 1. The second-order valence-corrected chi connectivity index (χ2v) is 14.9. The lowest BCUT2D eigenvalue weighted by molar-refractivity contribution is -0.142. The van der Waals surface area contributed by atoms with Gasteiger partial charge in [0, 0.05) is 12.5 Å². The first-order valence-electron chi connectivity index (χ1n) is 13.4. The number of hydrogen-bond donors (Lipinski definition) is 0. The van der Waals surface area contributed by atoms with E-state index < -0.39 is 8.32 Å². The first-order chi connectivity index (χ1) is 19.2. The maximum Gasteiger partial charge on any atom is 0.305 e. The highest BCUT2D eigenvalue weighted by Gasteiger charge is 2.50. The first-order valence-corrected chi connectivity index (χ1v) is 15.4. The van der Waals surface area contributed by atoms with Crippen LogP contribution in [0, 0.1) is 5.92 Å². The second kappa shape index (κ2) is 14.2. The van der Waals surface area contributed by atoms with E-state index in [1.165, 1.54) is 17.5 Å². The average Bonchev–Trinajstić information content (AvgIpc) is 2.97. The van der Waals surface area contributed by atoms with Crippen LogP contribution >= 0.6 is 0 Å². The summed E-state index contributed by atoms with van der Waals surface area (Å²) in [4.78, 5) is 12.3. The van der Waals surface area contributed by atoms with Gasteiger partial charge in [0.05, 0.1) is 41.5 Å². The summed E-state index contributed by atoms with van der Waals surface area (Å²) < 4.78 is 34.7. The van der Waals surface area contributed by atoms with Crippen LogP contribution in [0.1, 0.15) is 33.6 Å². The van der Waals surface area contributed by atoms with Gasteiger partial charge in [0.2, 0.25) is 11.5 Å². The van der Waals surface area contributed by atoms with E-state index in [1.807, 2.05) is 12.1 Å². The van der Waals surface area contributed by atoms with Crippen LogP contribution in [0.25, 0.3) is 0 Å². The molecule has 0 aromatic heterocycles. The lowest BCUT2D eigenvalue weighted by Gasteiger charge is -2.43. The Morgan fingerprint density at radius 1 is 0.750 bits per heavy atom. The molecule has 3 aromatic carbocycles. The molecule has 8 heteroatoms. The molecule has 40 heavy (non-hydrogen) atoms. The van der Waals surface area contributed by atoms with Crippen LogP contribution in [0.2, 0.25) is 5.04 Å². The van der Waals surface area contributed by atoms with Crippen LogP contribution in [0.4, 0.5) is 0 Å². The quantitative estimate of drug-likeness (QED) is 0.195. The molecule has 1 unspecified atom stereocenters. The van der Waals surface area contributed by atoms with Gasteiger partial charge in [0.1, 0.15) is 0 Å². The highest BCUT2D eigenvalue weighted by molar-refractivity contribution is 6.99. The Bertz CT molecular complexity index is 1170. The summed E-state index contributed by atoms with van der Waals surface area (Å²) in [6, 6.07) is 24.5. The SMILES string of the molecule is COC(=O)CC(CCO[Si](c1ccccc1)(c1ccccc1)C(C)(C)C)COc1ccc(OC)c(OC)c1OC. The highest BCUT2D eigenvalue weighted by atomic mass is 28.4. The Morgan fingerprint density at radius 3 is 1.75 bits per heavy atom. The van der Waals surface area contributed by atoms with E-state index in [0.717, 1.165) is 0 Å². The van der Waals surface area contributed by atoms with Crippen LogP contribution in [0.15, 0.2) is 72.8 Å². The molecule has 3 rings (SSSR count). The zero-order chi connectivity index (χ0) is 29.2. The van der Waals surface area contributed by atoms with Crippen LogP contribution in [0.3, 0.4) is 0 Å². The molecule has 0 fully saturated rings. The van der Waals surface area contributed by atoms with E-state index in [2.05, 4.69) is 69.3 Å². The number of carbonyl (C=O) groups excluding carboxylic acids is 1. The Balaban J connectivity index is 1.86. The summed E-state index contributed by atoms with van der Waals surface area (Å²) in [6.07, 6.45) is 0.811. The van der Waals surface area contributed by atoms with E-state index in [4.69, 9.17) is 28.1 Å². The van der Waals surface area contributed by atoms with Crippen molar-refractivity contribution < 1.29 is 32.9 Å². The summed E-state index contributed by atoms with van der Waals surface area (Å²) in [5, 5.41) is 2.28. The van der Waals surface area contributed by atoms with Gasteiger partial charge in [-0.25, -0.2) is 0 Å². The van der Waals surface area contributed by atoms with Gasteiger partial charge in [-0.15, -0.1) is 0 Å². The molecule has 0 spiro atoms. The van der Waals surface area contributed by atoms with Crippen molar-refractivity contribution in [2.24, 2.45) is 5.92 Å². The molecule has 0 N–H and O–H groups in total. The number of carbonyl (C=O) groups is 1. The maximum atomic E-state index is 12.3. The molecular formula is C32H42O7Si. The molecule has 0 saturated heterocycles. The third-order valence-electron chi connectivity index (χ3n) is 7.09. The molecule has 0 amide bonds. The minimum Gasteiger partial charge on any atom is -0.493 e. The summed E-state index contributed by atoms with van der Waals surface area (Å²) >= 11 is 0. The Morgan fingerprint density at radius 2 is 1.27 bits per heavy atom. The Labute approximate surface area is 239 Å². The van der Waals surface area contributed by atoms with Gasteiger partial charge in [0.15, 0.2) is 11.5 Å². The number of rotatable bonds is 14. The van der Waals surface area contributed by atoms with Crippen molar-refractivity contribution in [2.45, 2.75) is 38.7 Å². The van der Waals surface area contributed by atoms with Crippen molar-refractivity contribution >= 4 is 24.7 Å². The minimum absolute atomic E-state index is 0.142. The van der Waals surface area contributed by atoms with Gasteiger partial charge in [0.25, 0.3) is 8.32 Å². The third kappa shape index (κ3) is 6.98. The van der Waals surface area contributed by atoms with Gasteiger partial charge in [-0.05, 0) is 34.0 Å². The highest BCUT2D eigenvalue weighted by Crippen LogP contribution is 2.44. The molecule has 216 valence electrons. The van der Waals surface area contributed by atoms with E-state index in [-0.39, 0.29) is 30.0 Å². The van der Waals surface area contributed by atoms with Gasteiger partial charge >= 0.3 is 5.97 Å². The maximum absolute atomic E-state index is 12.3. The predicted molar refractivity (Wildman–Crippen MR) is 160 cm³/mol. The van der Waals surface area contributed by atoms with Gasteiger partial charge < -0.3 is 28.1 Å². The average molecular weight is 567 g/mol. The van der Waals surface area contributed by atoms with Crippen molar-refractivity contribution in [1.29, 1.82) is 0 Å². The van der Waals surface area contributed by atoms with Crippen LogP contribution in [0.5, 0.6) is 23.0 Å². The zero-order valence-corrected chi connectivity index (χ0v) is 25.7. The molecule has 0 aliphatic carbocycles. The van der Waals surface area contributed by atoms with Gasteiger partial charge in [-0.1, -0.05) is 81.4 Å². The van der Waals surface area contributed by atoms with Crippen LogP contribution in [-0.2, 0) is 14.0 Å². The Hall–Kier alpha value is -3.49. The van der Waals surface area contributed by atoms with Crippen LogP contribution < -0.4 is 29.3 Å². The minimum atomic E-state index is -2.70. The van der Waals surface area contributed by atoms with Crippen molar-refractivity contribution in [1.82, 2.24) is 0 Å². The Kier molecular flexibility index (Phi) is 11.0. The van der Waals surface area contributed by atoms with Crippen molar-refractivity contribution in [3.8, 4) is 23.0 Å². The largest absolute Gasteiger partial charge is 0.493 e. The molecular weight excluding hydrogens is 524 g/mol. The molecule has 3 aromatic rings. The third-order valence-corrected chi connectivity index (χ3v) is 12.1. The number of benzene rings is 3. The van der Waals surface area contributed by atoms with Crippen molar-refractivity contribution in [2.75, 3.05) is 41.7 Å². The fraction of sp³-hybridized carbons (Fsp3) is 0.406. The molecule has 0 aliphatic rings. The first kappa shape index (κ1) is 31.0. The molecule has 0 bridgehead atoms.